The number of benzene rings is 2. The van der Waals surface area contributed by atoms with E-state index in [4.69, 9.17) is 4.74 Å². The van der Waals surface area contributed by atoms with Gasteiger partial charge in [-0.15, -0.1) is 0 Å². The summed E-state index contributed by atoms with van der Waals surface area (Å²) in [6.45, 7) is 4.62. The maximum atomic E-state index is 13.2. The van der Waals surface area contributed by atoms with Crippen LogP contribution in [0.3, 0.4) is 0 Å². The van der Waals surface area contributed by atoms with Crippen molar-refractivity contribution in [2.24, 2.45) is 0 Å². The molecule has 0 radical (unpaired) electrons. The molecule has 0 atom stereocenters. The number of nitro benzene ring substituents is 1. The van der Waals surface area contributed by atoms with Crippen LogP contribution in [0.1, 0.15) is 19.4 Å². The number of carbonyl (C=O) groups excluding carboxylic acids is 1. The summed E-state index contributed by atoms with van der Waals surface area (Å²) in [5.74, 6) is -0.247. The van der Waals surface area contributed by atoms with E-state index in [1.165, 1.54) is 31.2 Å². The third kappa shape index (κ3) is 5.23. The number of rotatable bonds is 8. The highest BCUT2D eigenvalue weighted by Crippen LogP contribution is 2.29. The minimum atomic E-state index is -4.28. The maximum Gasteiger partial charge on any atom is 0.326 e. The van der Waals surface area contributed by atoms with Gasteiger partial charge in [0.1, 0.15) is 12.3 Å². The molecule has 0 aliphatic carbocycles. The van der Waals surface area contributed by atoms with Gasteiger partial charge in [0.2, 0.25) is 0 Å². The number of ether oxygens (including phenoxy) is 2. The second kappa shape index (κ2) is 8.91. The number of aryl methyl sites for hydroxylation is 1. The van der Waals surface area contributed by atoms with Gasteiger partial charge >= 0.3 is 5.97 Å². The molecule has 2 aromatic rings. The second-order valence-electron chi connectivity index (χ2n) is 6.45. The Hall–Kier alpha value is -3.14. The lowest BCUT2D eigenvalue weighted by Crippen LogP contribution is -2.36. The zero-order chi connectivity index (χ0) is 21.8. The Morgan fingerprint density at radius 2 is 1.79 bits per heavy atom. The fraction of sp³-hybridized carbons (Fsp3) is 0.316. The molecule has 0 saturated heterocycles. The molecule has 2 aromatic carbocycles. The van der Waals surface area contributed by atoms with Crippen molar-refractivity contribution in [2.75, 3.05) is 18.0 Å². The van der Waals surface area contributed by atoms with E-state index in [1.807, 2.05) is 13.8 Å². The number of carbonyl (C=O) groups is 1. The monoisotopic (exact) mass is 422 g/mol. The average Bonchev–Trinajstić information content (AvgIpc) is 2.66. The van der Waals surface area contributed by atoms with Gasteiger partial charge < -0.3 is 9.47 Å². The van der Waals surface area contributed by atoms with E-state index in [0.717, 1.165) is 17.5 Å². The first-order chi connectivity index (χ1) is 13.6. The first kappa shape index (κ1) is 22.2. The molecule has 0 bridgehead atoms. The smallest absolute Gasteiger partial charge is 0.326 e. The van der Waals surface area contributed by atoms with Crippen molar-refractivity contribution in [1.29, 1.82) is 0 Å². The molecular weight excluding hydrogens is 400 g/mol. The molecule has 9 nitrogen and oxygen atoms in total. The maximum absolute atomic E-state index is 13.2. The number of hydrogen-bond donors (Lipinski definition) is 0. The number of esters is 1. The van der Waals surface area contributed by atoms with Crippen LogP contribution in [-0.2, 0) is 19.6 Å². The molecule has 0 aliphatic rings. The van der Waals surface area contributed by atoms with Gasteiger partial charge in [-0.1, -0.05) is 6.07 Å². The van der Waals surface area contributed by atoms with E-state index in [9.17, 15) is 23.3 Å². The molecule has 0 fully saturated rings. The third-order valence-corrected chi connectivity index (χ3v) is 5.73. The number of sulfonamides is 1. The SMILES string of the molecule is COC(=O)CN(c1ccc(OC(C)C)cc1)S(=O)(=O)c1ccc(C)c([N+](=O)[O-])c1. The molecule has 156 valence electrons. The van der Waals surface area contributed by atoms with Crippen LogP contribution in [0.2, 0.25) is 0 Å². The lowest BCUT2D eigenvalue weighted by Gasteiger charge is -2.23. The van der Waals surface area contributed by atoms with Crippen LogP contribution in [0.25, 0.3) is 0 Å². The number of anilines is 1. The van der Waals surface area contributed by atoms with Crippen LogP contribution < -0.4 is 9.04 Å². The summed E-state index contributed by atoms with van der Waals surface area (Å²) in [6, 6.07) is 9.71. The highest BCUT2D eigenvalue weighted by molar-refractivity contribution is 7.92. The topological polar surface area (TPSA) is 116 Å². The Morgan fingerprint density at radius 1 is 1.17 bits per heavy atom. The predicted molar refractivity (Wildman–Crippen MR) is 107 cm³/mol. The Kier molecular flexibility index (Phi) is 6.80. The minimum absolute atomic E-state index is 0.0659. The summed E-state index contributed by atoms with van der Waals surface area (Å²) < 4.78 is 37.4. The Balaban J connectivity index is 2.52. The average molecular weight is 422 g/mol. The van der Waals surface area contributed by atoms with Crippen LogP contribution in [0.15, 0.2) is 47.4 Å². The van der Waals surface area contributed by atoms with E-state index >= 15 is 0 Å². The van der Waals surface area contributed by atoms with Crippen LogP contribution in [0.5, 0.6) is 5.75 Å². The summed E-state index contributed by atoms with van der Waals surface area (Å²) in [7, 11) is -3.14. The molecule has 10 heteroatoms. The van der Waals surface area contributed by atoms with E-state index < -0.39 is 27.5 Å². The third-order valence-electron chi connectivity index (χ3n) is 3.96. The van der Waals surface area contributed by atoms with Crippen molar-refractivity contribution >= 4 is 27.4 Å². The Bertz CT molecular complexity index is 1000. The second-order valence-corrected chi connectivity index (χ2v) is 8.32. The van der Waals surface area contributed by atoms with Gasteiger partial charge in [-0.05, 0) is 51.1 Å². The van der Waals surface area contributed by atoms with Crippen molar-refractivity contribution < 1.29 is 27.6 Å². The standard InChI is InChI=1S/C19H22N2O7S/c1-13(2)28-16-8-6-15(7-9-16)20(12-19(22)27-4)29(25,26)17-10-5-14(3)18(11-17)21(23)24/h5-11,13H,12H2,1-4H3. The zero-order valence-corrected chi connectivity index (χ0v) is 17.3. The minimum Gasteiger partial charge on any atom is -0.491 e. The lowest BCUT2D eigenvalue weighted by atomic mass is 10.2. The van der Waals surface area contributed by atoms with E-state index in [2.05, 4.69) is 4.74 Å². The highest BCUT2D eigenvalue weighted by atomic mass is 32.2. The molecule has 0 amide bonds. The van der Waals surface area contributed by atoms with Crippen LogP contribution >= 0.6 is 0 Å². The molecule has 2 rings (SSSR count). The van der Waals surface area contributed by atoms with Crippen LogP contribution in [-0.4, -0.2) is 39.1 Å². The summed E-state index contributed by atoms with van der Waals surface area (Å²) in [5, 5.41) is 11.2. The van der Waals surface area contributed by atoms with Gasteiger partial charge in [-0.3, -0.25) is 19.2 Å². The van der Waals surface area contributed by atoms with Crippen molar-refractivity contribution in [3.8, 4) is 5.75 Å². The van der Waals surface area contributed by atoms with Crippen molar-refractivity contribution in [3.63, 3.8) is 0 Å². The van der Waals surface area contributed by atoms with Gasteiger partial charge in [0.25, 0.3) is 15.7 Å². The van der Waals surface area contributed by atoms with Crippen molar-refractivity contribution in [3.05, 3.63) is 58.1 Å². The normalized spacial score (nSPS) is 11.2. The van der Waals surface area contributed by atoms with Crippen LogP contribution in [0.4, 0.5) is 11.4 Å². The van der Waals surface area contributed by atoms with Gasteiger partial charge in [0.05, 0.1) is 28.7 Å². The van der Waals surface area contributed by atoms with E-state index in [1.54, 1.807) is 12.1 Å². The number of nitrogens with zero attached hydrogens (tertiary/aromatic N) is 2. The van der Waals surface area contributed by atoms with Crippen LogP contribution in [0, 0.1) is 17.0 Å². The zero-order valence-electron chi connectivity index (χ0n) is 16.5. The molecule has 0 heterocycles. The predicted octanol–water partition coefficient (Wildman–Crippen LogP) is 3.06. The van der Waals surface area contributed by atoms with Crippen molar-refractivity contribution in [1.82, 2.24) is 0 Å². The van der Waals surface area contributed by atoms with E-state index in [-0.39, 0.29) is 22.4 Å². The van der Waals surface area contributed by atoms with Gasteiger partial charge in [0, 0.05) is 11.6 Å². The molecular formula is C19H22N2O7S. The molecule has 0 N–H and O–H groups in total. The highest BCUT2D eigenvalue weighted by Gasteiger charge is 2.29. The molecule has 0 unspecified atom stereocenters. The Labute approximate surface area is 169 Å². The van der Waals surface area contributed by atoms with Gasteiger partial charge in [-0.25, -0.2) is 8.42 Å². The molecule has 0 spiro atoms. The van der Waals surface area contributed by atoms with Gasteiger partial charge in [0.15, 0.2) is 0 Å². The Morgan fingerprint density at radius 3 is 2.31 bits per heavy atom. The molecule has 29 heavy (non-hydrogen) atoms. The first-order valence-corrected chi connectivity index (χ1v) is 10.1. The molecule has 0 saturated carbocycles. The largest absolute Gasteiger partial charge is 0.491 e. The fourth-order valence-corrected chi connectivity index (χ4v) is 3.96. The fourth-order valence-electron chi connectivity index (χ4n) is 2.53. The summed E-state index contributed by atoms with van der Waals surface area (Å²) in [4.78, 5) is 22.1. The summed E-state index contributed by atoms with van der Waals surface area (Å²) in [6.07, 6.45) is -0.0659. The van der Waals surface area contributed by atoms with E-state index in [0.29, 0.717) is 11.3 Å². The van der Waals surface area contributed by atoms with Gasteiger partial charge in [-0.2, -0.15) is 0 Å². The number of hydrogen-bond acceptors (Lipinski definition) is 7. The summed E-state index contributed by atoms with van der Waals surface area (Å²) >= 11 is 0. The number of nitro groups is 1. The lowest BCUT2D eigenvalue weighted by molar-refractivity contribution is -0.385. The number of methoxy groups -OCH3 is 1. The molecule has 0 aliphatic heterocycles. The first-order valence-electron chi connectivity index (χ1n) is 8.67. The quantitative estimate of drug-likeness (QED) is 0.365. The summed E-state index contributed by atoms with van der Waals surface area (Å²) in [5.41, 5.74) is 0.183. The van der Waals surface area contributed by atoms with Crippen molar-refractivity contribution in [2.45, 2.75) is 31.8 Å². The molecule has 0 aromatic heterocycles.